The van der Waals surface area contributed by atoms with Crippen LogP contribution in [0.15, 0.2) is 12.1 Å². The SMILES string of the molecule is Cc1cc(C#N)cc(C)c1NC(=O)C1([P+](C)(C)C)CCC1. The predicted octanol–water partition coefficient (Wildman–Crippen LogP) is 3.94. The monoisotopic (exact) mass is 303 g/mol. The summed E-state index contributed by atoms with van der Waals surface area (Å²) in [5.41, 5.74) is 3.44. The van der Waals surface area contributed by atoms with Crippen LogP contribution in [0.2, 0.25) is 0 Å². The van der Waals surface area contributed by atoms with Crippen LogP contribution in [0.3, 0.4) is 0 Å². The normalized spacial score (nSPS) is 16.8. The van der Waals surface area contributed by atoms with Crippen LogP contribution in [-0.2, 0) is 4.79 Å². The summed E-state index contributed by atoms with van der Waals surface area (Å²) in [6, 6.07) is 5.83. The number of rotatable bonds is 3. The number of nitrogens with zero attached hydrogens (tertiary/aromatic N) is 1. The van der Waals surface area contributed by atoms with Gasteiger partial charge in [0.25, 0.3) is 5.91 Å². The van der Waals surface area contributed by atoms with Crippen LogP contribution in [0.25, 0.3) is 0 Å². The van der Waals surface area contributed by atoms with E-state index in [-0.39, 0.29) is 11.1 Å². The third kappa shape index (κ3) is 2.70. The van der Waals surface area contributed by atoms with Crippen LogP contribution in [-0.4, -0.2) is 31.1 Å². The summed E-state index contributed by atoms with van der Waals surface area (Å²) in [7, 11) is -1.25. The number of carbonyl (C=O) groups excluding carboxylic acids is 1. The number of anilines is 1. The van der Waals surface area contributed by atoms with Gasteiger partial charge in [0.1, 0.15) is 0 Å². The van der Waals surface area contributed by atoms with Crippen LogP contribution in [0.4, 0.5) is 5.69 Å². The molecule has 1 aliphatic rings. The molecule has 112 valence electrons. The summed E-state index contributed by atoms with van der Waals surface area (Å²) in [6.45, 7) is 10.7. The van der Waals surface area contributed by atoms with Gasteiger partial charge in [0.05, 0.1) is 11.6 Å². The number of benzene rings is 1. The average Bonchev–Trinajstić information content (AvgIpc) is 2.29. The van der Waals surface area contributed by atoms with Gasteiger partial charge in [-0.3, -0.25) is 4.79 Å². The van der Waals surface area contributed by atoms with Crippen molar-refractivity contribution in [1.29, 1.82) is 5.26 Å². The van der Waals surface area contributed by atoms with Crippen molar-refractivity contribution in [3.63, 3.8) is 0 Å². The molecule has 0 spiro atoms. The van der Waals surface area contributed by atoms with Crippen molar-refractivity contribution in [1.82, 2.24) is 0 Å². The molecule has 1 aromatic rings. The van der Waals surface area contributed by atoms with E-state index < -0.39 is 7.26 Å². The van der Waals surface area contributed by atoms with Gasteiger partial charge in [-0.15, -0.1) is 0 Å². The fourth-order valence-electron chi connectivity index (χ4n) is 3.17. The Morgan fingerprint density at radius 2 is 1.76 bits per heavy atom. The van der Waals surface area contributed by atoms with Gasteiger partial charge in [0.15, 0.2) is 5.16 Å². The van der Waals surface area contributed by atoms with Crippen molar-refractivity contribution in [3.8, 4) is 6.07 Å². The zero-order valence-electron chi connectivity index (χ0n) is 13.6. The first-order chi connectivity index (χ1) is 9.71. The minimum atomic E-state index is -1.25. The molecule has 3 nitrogen and oxygen atoms in total. The molecule has 0 aliphatic heterocycles. The Labute approximate surface area is 128 Å². The van der Waals surface area contributed by atoms with Crippen molar-refractivity contribution in [2.45, 2.75) is 38.3 Å². The lowest BCUT2D eigenvalue weighted by molar-refractivity contribution is -0.120. The van der Waals surface area contributed by atoms with Gasteiger partial charge in [0, 0.05) is 32.9 Å². The highest BCUT2D eigenvalue weighted by atomic mass is 31.2. The average molecular weight is 303 g/mol. The molecule has 21 heavy (non-hydrogen) atoms. The molecule has 0 heterocycles. The second-order valence-electron chi connectivity index (χ2n) is 6.95. The number of nitriles is 1. The molecule has 1 fully saturated rings. The molecule has 4 heteroatoms. The van der Waals surface area contributed by atoms with E-state index in [1.807, 2.05) is 26.0 Å². The Morgan fingerprint density at radius 1 is 1.24 bits per heavy atom. The Morgan fingerprint density at radius 3 is 2.10 bits per heavy atom. The molecular weight excluding hydrogens is 279 g/mol. The molecule has 1 amide bonds. The van der Waals surface area contributed by atoms with Crippen LogP contribution < -0.4 is 5.32 Å². The summed E-state index contributed by atoms with van der Waals surface area (Å²) in [4.78, 5) is 12.9. The molecular formula is C17H24N2OP+. The lowest BCUT2D eigenvalue weighted by Gasteiger charge is -2.44. The highest BCUT2D eigenvalue weighted by molar-refractivity contribution is 7.76. The van der Waals surface area contributed by atoms with Crippen LogP contribution in [0.1, 0.15) is 36.0 Å². The van der Waals surface area contributed by atoms with Gasteiger partial charge in [-0.1, -0.05) is 0 Å². The van der Waals surface area contributed by atoms with Gasteiger partial charge in [0.2, 0.25) is 0 Å². The summed E-state index contributed by atoms with van der Waals surface area (Å²) >= 11 is 0. The summed E-state index contributed by atoms with van der Waals surface area (Å²) in [6.07, 6.45) is 3.16. The lowest BCUT2D eigenvalue weighted by Crippen LogP contribution is -2.49. The number of aryl methyl sites for hydroxylation is 2. The molecule has 2 rings (SSSR count). The lowest BCUT2D eigenvalue weighted by atomic mass is 9.83. The molecule has 1 aromatic carbocycles. The van der Waals surface area contributed by atoms with Gasteiger partial charge >= 0.3 is 0 Å². The minimum Gasteiger partial charge on any atom is -0.322 e. The van der Waals surface area contributed by atoms with E-state index in [0.717, 1.165) is 36.1 Å². The minimum absolute atomic E-state index is 0.153. The molecule has 0 radical (unpaired) electrons. The first kappa shape index (κ1) is 16.0. The largest absolute Gasteiger partial charge is 0.322 e. The molecule has 0 atom stereocenters. The third-order valence-corrected chi connectivity index (χ3v) is 8.01. The molecule has 1 N–H and O–H groups in total. The number of hydrogen-bond acceptors (Lipinski definition) is 2. The molecule has 0 aromatic heterocycles. The van der Waals surface area contributed by atoms with E-state index in [1.165, 1.54) is 0 Å². The molecule has 0 unspecified atom stereocenters. The smallest absolute Gasteiger partial charge is 0.268 e. The highest BCUT2D eigenvalue weighted by Gasteiger charge is 2.58. The maximum Gasteiger partial charge on any atom is 0.268 e. The number of carbonyl (C=O) groups is 1. The van der Waals surface area contributed by atoms with E-state index in [4.69, 9.17) is 5.26 Å². The molecule has 0 saturated heterocycles. The number of nitrogens with one attached hydrogen (secondary N) is 1. The van der Waals surface area contributed by atoms with Crippen LogP contribution in [0, 0.1) is 25.2 Å². The first-order valence-corrected chi connectivity index (χ1v) is 10.5. The van der Waals surface area contributed by atoms with E-state index in [0.29, 0.717) is 5.56 Å². The maximum atomic E-state index is 12.9. The first-order valence-electron chi connectivity index (χ1n) is 7.35. The van der Waals surface area contributed by atoms with Crippen molar-refractivity contribution < 1.29 is 4.79 Å². The third-order valence-electron chi connectivity index (χ3n) is 4.79. The van der Waals surface area contributed by atoms with Gasteiger partial charge in [-0.05, 0) is 56.4 Å². The Kier molecular flexibility index (Phi) is 4.13. The summed E-state index contributed by atoms with van der Waals surface area (Å²) in [5, 5.41) is 12.0. The standard InChI is InChI=1S/C17H23N2OP/c1-12-9-14(11-18)10-13(2)15(12)19-16(20)17(7-6-8-17)21(3,4)5/h9-10H,6-8H2,1-5H3/p+1. The van der Waals surface area contributed by atoms with Crippen molar-refractivity contribution in [3.05, 3.63) is 28.8 Å². The van der Waals surface area contributed by atoms with Crippen molar-refractivity contribution >= 4 is 18.9 Å². The Balaban J connectivity index is 2.31. The molecule has 1 saturated carbocycles. The van der Waals surface area contributed by atoms with Gasteiger partial charge < -0.3 is 5.32 Å². The second-order valence-corrected chi connectivity index (χ2v) is 11.8. The number of hydrogen-bond donors (Lipinski definition) is 1. The van der Waals surface area contributed by atoms with E-state index in [9.17, 15) is 4.79 Å². The summed E-state index contributed by atoms with van der Waals surface area (Å²) in [5.74, 6) is 0.172. The van der Waals surface area contributed by atoms with Crippen LogP contribution in [0.5, 0.6) is 0 Å². The number of amides is 1. The van der Waals surface area contributed by atoms with Gasteiger partial charge in [-0.2, -0.15) is 5.26 Å². The quantitative estimate of drug-likeness (QED) is 0.860. The molecule has 0 bridgehead atoms. The fourth-order valence-corrected chi connectivity index (χ4v) is 5.49. The Bertz CT molecular complexity index is 596. The van der Waals surface area contributed by atoms with Crippen molar-refractivity contribution in [2.24, 2.45) is 0 Å². The highest BCUT2D eigenvalue weighted by Crippen LogP contribution is 2.68. The Hall–Kier alpha value is -1.39. The zero-order chi connectivity index (χ0) is 15.8. The molecule has 1 aliphatic carbocycles. The predicted molar refractivity (Wildman–Crippen MR) is 90.5 cm³/mol. The topological polar surface area (TPSA) is 52.9 Å². The summed E-state index contributed by atoms with van der Waals surface area (Å²) < 4.78 is 0. The van der Waals surface area contributed by atoms with E-state index in [2.05, 4.69) is 31.4 Å². The maximum absolute atomic E-state index is 12.9. The van der Waals surface area contributed by atoms with E-state index in [1.54, 1.807) is 0 Å². The van der Waals surface area contributed by atoms with Gasteiger partial charge in [-0.25, -0.2) is 0 Å². The second kappa shape index (κ2) is 5.43. The van der Waals surface area contributed by atoms with E-state index >= 15 is 0 Å². The van der Waals surface area contributed by atoms with Crippen molar-refractivity contribution in [2.75, 3.05) is 25.3 Å². The van der Waals surface area contributed by atoms with Crippen LogP contribution >= 0.6 is 7.26 Å². The fraction of sp³-hybridized carbons (Fsp3) is 0.529. The zero-order valence-corrected chi connectivity index (χ0v) is 14.5.